The summed E-state index contributed by atoms with van der Waals surface area (Å²) in [5.74, 6) is 0.202. The molecule has 6 heteroatoms. The molecule has 1 aromatic carbocycles. The Kier molecular flexibility index (Phi) is 6.14. The highest BCUT2D eigenvalue weighted by atomic mass is 16.2. The van der Waals surface area contributed by atoms with Gasteiger partial charge in [-0.2, -0.15) is 0 Å². The average Bonchev–Trinajstić information content (AvgIpc) is 2.85. The Morgan fingerprint density at radius 1 is 1.19 bits per heavy atom. The summed E-state index contributed by atoms with van der Waals surface area (Å²) in [6, 6.07) is 8.25. The number of hydrogen-bond donors (Lipinski definition) is 1. The average molecular weight is 358 g/mol. The fourth-order valence-corrected chi connectivity index (χ4v) is 3.83. The van der Waals surface area contributed by atoms with Crippen LogP contribution in [0.1, 0.15) is 30.9 Å². The minimum atomic E-state index is -0.0995. The molecule has 0 spiro atoms. The first-order valence-electron chi connectivity index (χ1n) is 9.69. The third-order valence-electron chi connectivity index (χ3n) is 5.29. The molecule has 2 heterocycles. The Labute approximate surface area is 156 Å². The summed E-state index contributed by atoms with van der Waals surface area (Å²) in [5.41, 5.74) is 2.40. The molecule has 0 bridgehead atoms. The van der Waals surface area contributed by atoms with Crippen molar-refractivity contribution in [1.29, 1.82) is 0 Å². The molecule has 1 aromatic rings. The highest BCUT2D eigenvalue weighted by Crippen LogP contribution is 2.20. The maximum Gasteiger partial charge on any atom is 0.317 e. The van der Waals surface area contributed by atoms with Gasteiger partial charge in [-0.1, -0.05) is 36.8 Å². The van der Waals surface area contributed by atoms with Crippen molar-refractivity contribution in [2.24, 2.45) is 0 Å². The van der Waals surface area contributed by atoms with E-state index in [0.29, 0.717) is 32.6 Å². The molecule has 2 aliphatic rings. The number of nitrogens with one attached hydrogen (secondary N) is 1. The number of urea groups is 1. The predicted octanol–water partition coefficient (Wildman–Crippen LogP) is 1.83. The molecule has 2 saturated heterocycles. The lowest BCUT2D eigenvalue weighted by atomic mass is 10.1. The van der Waals surface area contributed by atoms with Crippen molar-refractivity contribution in [3.05, 3.63) is 35.4 Å². The summed E-state index contributed by atoms with van der Waals surface area (Å²) in [4.78, 5) is 31.3. The highest BCUT2D eigenvalue weighted by molar-refractivity contribution is 5.83. The fourth-order valence-electron chi connectivity index (χ4n) is 3.83. The van der Waals surface area contributed by atoms with Gasteiger partial charge in [-0.25, -0.2) is 4.79 Å². The molecule has 1 N–H and O–H groups in total. The second-order valence-electron chi connectivity index (χ2n) is 7.31. The standard InChI is InChI=1S/C20H30N4O2/c1-3-8-21-20(26)23-9-7-18-19(25)24(13-11-22(18)10-12-23)15-17-6-4-5-16(2)14-17/h4-6,14,18H,3,7-13,15H2,1-2H3,(H,21,26). The first-order chi connectivity index (χ1) is 12.6. The third-order valence-corrected chi connectivity index (χ3v) is 5.29. The highest BCUT2D eigenvalue weighted by Gasteiger charge is 2.37. The van der Waals surface area contributed by atoms with Crippen LogP contribution in [-0.2, 0) is 11.3 Å². The minimum Gasteiger partial charge on any atom is -0.338 e. The van der Waals surface area contributed by atoms with Crippen LogP contribution < -0.4 is 5.32 Å². The van der Waals surface area contributed by atoms with Crippen LogP contribution in [0, 0.1) is 6.92 Å². The molecule has 142 valence electrons. The SMILES string of the molecule is CCCNC(=O)N1CCC2C(=O)N(Cc3cccc(C)c3)CCN2CC1. The number of hydrogen-bond acceptors (Lipinski definition) is 3. The zero-order chi connectivity index (χ0) is 18.5. The van der Waals surface area contributed by atoms with Crippen LogP contribution in [0.3, 0.4) is 0 Å². The van der Waals surface area contributed by atoms with Crippen LogP contribution in [0.25, 0.3) is 0 Å². The molecular formula is C20H30N4O2. The molecule has 1 unspecified atom stereocenters. The number of piperazine rings is 1. The van der Waals surface area contributed by atoms with E-state index in [9.17, 15) is 9.59 Å². The van der Waals surface area contributed by atoms with Gasteiger partial charge in [0.05, 0.1) is 6.04 Å². The Morgan fingerprint density at radius 3 is 2.77 bits per heavy atom. The topological polar surface area (TPSA) is 55.9 Å². The largest absolute Gasteiger partial charge is 0.338 e. The van der Waals surface area contributed by atoms with E-state index >= 15 is 0 Å². The number of carbonyl (C=O) groups is 2. The molecule has 2 fully saturated rings. The van der Waals surface area contributed by atoms with E-state index in [0.717, 1.165) is 26.1 Å². The first-order valence-corrected chi connectivity index (χ1v) is 9.69. The summed E-state index contributed by atoms with van der Waals surface area (Å²) < 4.78 is 0. The first kappa shape index (κ1) is 18.7. The number of amides is 3. The van der Waals surface area contributed by atoms with Gasteiger partial charge in [0.1, 0.15) is 0 Å². The van der Waals surface area contributed by atoms with E-state index in [1.165, 1.54) is 11.1 Å². The van der Waals surface area contributed by atoms with Gasteiger partial charge in [-0.05, 0) is 25.3 Å². The molecule has 1 atom stereocenters. The predicted molar refractivity (Wildman–Crippen MR) is 102 cm³/mol. The normalized spacial score (nSPS) is 21.3. The van der Waals surface area contributed by atoms with Gasteiger partial charge in [0.2, 0.25) is 5.91 Å². The molecule has 2 aliphatic heterocycles. The van der Waals surface area contributed by atoms with Crippen LogP contribution in [0.5, 0.6) is 0 Å². The van der Waals surface area contributed by atoms with E-state index in [4.69, 9.17) is 0 Å². The summed E-state index contributed by atoms with van der Waals surface area (Å²) in [6.07, 6.45) is 1.64. The summed E-state index contributed by atoms with van der Waals surface area (Å²) in [5, 5.41) is 2.94. The molecule has 6 nitrogen and oxygen atoms in total. The van der Waals surface area contributed by atoms with Gasteiger partial charge >= 0.3 is 6.03 Å². The van der Waals surface area contributed by atoms with Crippen molar-refractivity contribution in [2.45, 2.75) is 39.3 Å². The van der Waals surface area contributed by atoms with Crippen molar-refractivity contribution in [3.63, 3.8) is 0 Å². The van der Waals surface area contributed by atoms with E-state index in [2.05, 4.69) is 35.3 Å². The zero-order valence-corrected chi connectivity index (χ0v) is 15.9. The lowest BCUT2D eigenvalue weighted by Crippen LogP contribution is -2.56. The number of benzene rings is 1. The minimum absolute atomic E-state index is 0.00392. The monoisotopic (exact) mass is 358 g/mol. The second kappa shape index (κ2) is 8.54. The van der Waals surface area contributed by atoms with Gasteiger partial charge in [-0.3, -0.25) is 9.69 Å². The zero-order valence-electron chi connectivity index (χ0n) is 15.9. The van der Waals surface area contributed by atoms with Crippen LogP contribution >= 0.6 is 0 Å². The smallest absolute Gasteiger partial charge is 0.317 e. The van der Waals surface area contributed by atoms with E-state index in [-0.39, 0.29) is 18.0 Å². The van der Waals surface area contributed by atoms with E-state index in [1.54, 1.807) is 0 Å². The Balaban J connectivity index is 1.61. The number of nitrogens with zero attached hydrogens (tertiary/aromatic N) is 3. The molecule has 0 aromatic heterocycles. The second-order valence-corrected chi connectivity index (χ2v) is 7.31. The van der Waals surface area contributed by atoms with Crippen molar-refractivity contribution >= 4 is 11.9 Å². The molecule has 0 radical (unpaired) electrons. The summed E-state index contributed by atoms with van der Waals surface area (Å²) in [7, 11) is 0. The van der Waals surface area contributed by atoms with Crippen LogP contribution in [0.4, 0.5) is 4.79 Å². The van der Waals surface area contributed by atoms with Crippen LogP contribution in [0.2, 0.25) is 0 Å². The Bertz CT molecular complexity index is 648. The number of rotatable bonds is 4. The van der Waals surface area contributed by atoms with Crippen molar-refractivity contribution in [2.75, 3.05) is 39.3 Å². The molecule has 26 heavy (non-hydrogen) atoms. The van der Waals surface area contributed by atoms with Gasteiger partial charge in [0.15, 0.2) is 0 Å². The fraction of sp³-hybridized carbons (Fsp3) is 0.600. The van der Waals surface area contributed by atoms with Crippen molar-refractivity contribution < 1.29 is 9.59 Å². The quantitative estimate of drug-likeness (QED) is 0.893. The van der Waals surface area contributed by atoms with Gasteiger partial charge < -0.3 is 15.1 Å². The number of fused-ring (bicyclic) bond motifs is 1. The third kappa shape index (κ3) is 4.36. The van der Waals surface area contributed by atoms with E-state index in [1.807, 2.05) is 22.8 Å². The van der Waals surface area contributed by atoms with Crippen LogP contribution in [-0.4, -0.2) is 71.9 Å². The molecule has 3 rings (SSSR count). The maximum atomic E-state index is 13.0. The maximum absolute atomic E-state index is 13.0. The molecule has 3 amide bonds. The lowest BCUT2D eigenvalue weighted by Gasteiger charge is -2.39. The molecule has 0 aliphatic carbocycles. The van der Waals surface area contributed by atoms with Crippen molar-refractivity contribution in [1.82, 2.24) is 20.0 Å². The Hall–Kier alpha value is -2.08. The summed E-state index contributed by atoms with van der Waals surface area (Å²) >= 11 is 0. The van der Waals surface area contributed by atoms with Gasteiger partial charge in [-0.15, -0.1) is 0 Å². The molecular weight excluding hydrogens is 328 g/mol. The van der Waals surface area contributed by atoms with Crippen molar-refractivity contribution in [3.8, 4) is 0 Å². The molecule has 0 saturated carbocycles. The number of carbonyl (C=O) groups excluding carboxylic acids is 2. The van der Waals surface area contributed by atoms with E-state index < -0.39 is 0 Å². The van der Waals surface area contributed by atoms with Gasteiger partial charge in [0.25, 0.3) is 0 Å². The number of aryl methyl sites for hydroxylation is 1. The Morgan fingerprint density at radius 2 is 2.00 bits per heavy atom. The lowest BCUT2D eigenvalue weighted by molar-refractivity contribution is -0.142. The summed E-state index contributed by atoms with van der Waals surface area (Å²) in [6.45, 7) is 9.23. The van der Waals surface area contributed by atoms with Gasteiger partial charge in [0, 0.05) is 45.8 Å². The van der Waals surface area contributed by atoms with Crippen LogP contribution in [0.15, 0.2) is 24.3 Å².